The summed E-state index contributed by atoms with van der Waals surface area (Å²) in [6, 6.07) is 3.58. The van der Waals surface area contributed by atoms with E-state index in [1.807, 2.05) is 4.57 Å². The van der Waals surface area contributed by atoms with Gasteiger partial charge in [-0.1, -0.05) is 11.6 Å². The summed E-state index contributed by atoms with van der Waals surface area (Å²) in [6.45, 7) is 2.31. The number of benzene rings is 1. The minimum absolute atomic E-state index is 0.246. The molecule has 0 amide bonds. The van der Waals surface area contributed by atoms with Crippen molar-refractivity contribution in [1.29, 1.82) is 0 Å². The molecule has 5 heteroatoms. The van der Waals surface area contributed by atoms with E-state index in [1.165, 1.54) is 0 Å². The SMILES string of the molecule is COc1ccc(Cl)c2c3n(c(O)c12)CCNC3. The van der Waals surface area contributed by atoms with E-state index < -0.39 is 0 Å². The third-order valence-corrected chi connectivity index (χ3v) is 3.55. The van der Waals surface area contributed by atoms with Crippen LogP contribution in [0.5, 0.6) is 11.6 Å². The maximum atomic E-state index is 10.3. The predicted molar refractivity (Wildman–Crippen MR) is 66.9 cm³/mol. The van der Waals surface area contributed by atoms with Crippen LogP contribution in [0.2, 0.25) is 5.02 Å². The maximum absolute atomic E-state index is 10.3. The normalized spacial score (nSPS) is 14.9. The van der Waals surface area contributed by atoms with Crippen LogP contribution < -0.4 is 10.1 Å². The molecule has 2 N–H and O–H groups in total. The molecule has 2 heterocycles. The van der Waals surface area contributed by atoms with Crippen LogP contribution in [0.4, 0.5) is 0 Å². The average Bonchev–Trinajstić information content (AvgIpc) is 2.66. The maximum Gasteiger partial charge on any atom is 0.203 e. The van der Waals surface area contributed by atoms with Crippen molar-refractivity contribution in [3.63, 3.8) is 0 Å². The van der Waals surface area contributed by atoms with Crippen LogP contribution in [0.3, 0.4) is 0 Å². The van der Waals surface area contributed by atoms with E-state index in [0.717, 1.165) is 24.2 Å². The fraction of sp³-hybridized carbons (Fsp3) is 0.333. The van der Waals surface area contributed by atoms with Gasteiger partial charge in [0.2, 0.25) is 5.88 Å². The van der Waals surface area contributed by atoms with Gasteiger partial charge in [0.05, 0.1) is 17.5 Å². The Morgan fingerprint density at radius 2 is 2.24 bits per heavy atom. The van der Waals surface area contributed by atoms with Crippen LogP contribution in [0.1, 0.15) is 5.69 Å². The molecule has 0 saturated heterocycles. The summed E-state index contributed by atoms with van der Waals surface area (Å²) in [6.07, 6.45) is 0. The van der Waals surface area contributed by atoms with Crippen molar-refractivity contribution in [2.45, 2.75) is 13.1 Å². The molecule has 0 aliphatic carbocycles. The van der Waals surface area contributed by atoms with Crippen LogP contribution in [0.25, 0.3) is 10.8 Å². The van der Waals surface area contributed by atoms with Crippen LogP contribution >= 0.6 is 11.6 Å². The van der Waals surface area contributed by atoms with Crippen molar-refractivity contribution in [3.8, 4) is 11.6 Å². The van der Waals surface area contributed by atoms with E-state index in [4.69, 9.17) is 16.3 Å². The molecule has 3 rings (SSSR count). The number of rotatable bonds is 1. The highest BCUT2D eigenvalue weighted by Gasteiger charge is 2.23. The smallest absolute Gasteiger partial charge is 0.203 e. The Morgan fingerprint density at radius 1 is 1.41 bits per heavy atom. The van der Waals surface area contributed by atoms with E-state index in [9.17, 15) is 5.11 Å². The van der Waals surface area contributed by atoms with Gasteiger partial charge in [-0.25, -0.2) is 0 Å². The molecular formula is C12H13ClN2O2. The molecule has 1 aromatic carbocycles. The summed E-state index contributed by atoms with van der Waals surface area (Å²) in [5, 5.41) is 15.8. The third-order valence-electron chi connectivity index (χ3n) is 3.23. The number of nitrogens with zero attached hydrogens (tertiary/aromatic N) is 1. The van der Waals surface area contributed by atoms with Gasteiger partial charge in [0.1, 0.15) is 5.75 Å². The molecule has 4 nitrogen and oxygen atoms in total. The zero-order valence-electron chi connectivity index (χ0n) is 9.46. The number of nitrogens with one attached hydrogen (secondary N) is 1. The highest BCUT2D eigenvalue weighted by Crippen LogP contribution is 2.42. The molecule has 0 spiro atoms. The topological polar surface area (TPSA) is 46.4 Å². The molecule has 0 atom stereocenters. The molecule has 0 bridgehead atoms. The number of hydrogen-bond acceptors (Lipinski definition) is 3. The van der Waals surface area contributed by atoms with Gasteiger partial charge in [-0.05, 0) is 12.1 Å². The molecule has 17 heavy (non-hydrogen) atoms. The van der Waals surface area contributed by atoms with Gasteiger partial charge in [0.15, 0.2) is 0 Å². The number of ether oxygens (including phenoxy) is 1. The monoisotopic (exact) mass is 252 g/mol. The van der Waals surface area contributed by atoms with Crippen molar-refractivity contribution >= 4 is 22.4 Å². The molecule has 0 saturated carbocycles. The summed E-state index contributed by atoms with van der Waals surface area (Å²) >= 11 is 6.23. The number of methoxy groups -OCH3 is 1. The van der Waals surface area contributed by atoms with Crippen LogP contribution in [-0.2, 0) is 13.1 Å². The summed E-state index contributed by atoms with van der Waals surface area (Å²) in [4.78, 5) is 0. The fourth-order valence-corrected chi connectivity index (χ4v) is 2.72. The van der Waals surface area contributed by atoms with Crippen molar-refractivity contribution < 1.29 is 9.84 Å². The van der Waals surface area contributed by atoms with Crippen molar-refractivity contribution in [1.82, 2.24) is 9.88 Å². The van der Waals surface area contributed by atoms with Crippen molar-refractivity contribution in [3.05, 3.63) is 22.8 Å². The molecular weight excluding hydrogens is 240 g/mol. The molecule has 90 valence electrons. The molecule has 1 aromatic heterocycles. The van der Waals surface area contributed by atoms with E-state index in [-0.39, 0.29) is 5.88 Å². The summed E-state index contributed by atoms with van der Waals surface area (Å²) in [7, 11) is 1.59. The van der Waals surface area contributed by atoms with Gasteiger partial charge in [0.25, 0.3) is 0 Å². The molecule has 0 radical (unpaired) electrons. The van der Waals surface area contributed by atoms with Gasteiger partial charge < -0.3 is 19.7 Å². The van der Waals surface area contributed by atoms with Crippen molar-refractivity contribution in [2.24, 2.45) is 0 Å². The lowest BCUT2D eigenvalue weighted by Crippen LogP contribution is -2.27. The second kappa shape index (κ2) is 3.82. The molecule has 0 unspecified atom stereocenters. The standard InChI is InChI=1S/C12H13ClN2O2/c1-17-9-3-2-7(13)10-8-6-14-4-5-15(8)12(16)11(9)10/h2-3,14,16H,4-6H2,1H3. The first kappa shape index (κ1) is 10.7. The van der Waals surface area contributed by atoms with Crippen LogP contribution in [0.15, 0.2) is 12.1 Å². The predicted octanol–water partition coefficient (Wildman–Crippen LogP) is 2.11. The zero-order chi connectivity index (χ0) is 12.0. The lowest BCUT2D eigenvalue weighted by molar-refractivity contribution is 0.390. The van der Waals surface area contributed by atoms with Gasteiger partial charge in [0, 0.05) is 30.7 Å². The third kappa shape index (κ3) is 1.41. The first-order valence-corrected chi connectivity index (χ1v) is 5.89. The minimum atomic E-state index is 0.246. The van der Waals surface area contributed by atoms with Gasteiger partial charge in [-0.15, -0.1) is 0 Å². The van der Waals surface area contributed by atoms with Gasteiger partial charge in [-0.2, -0.15) is 0 Å². The van der Waals surface area contributed by atoms with E-state index in [0.29, 0.717) is 22.7 Å². The number of aromatic hydroxyl groups is 1. The Bertz CT molecular complexity index is 592. The van der Waals surface area contributed by atoms with Gasteiger partial charge >= 0.3 is 0 Å². The van der Waals surface area contributed by atoms with Crippen LogP contribution in [0, 0.1) is 0 Å². The fourth-order valence-electron chi connectivity index (χ4n) is 2.45. The Balaban J connectivity index is 2.44. The first-order chi connectivity index (χ1) is 8.24. The Morgan fingerprint density at radius 3 is 3.00 bits per heavy atom. The molecule has 1 aliphatic heterocycles. The first-order valence-electron chi connectivity index (χ1n) is 5.51. The number of aromatic nitrogens is 1. The van der Waals surface area contributed by atoms with E-state index in [2.05, 4.69) is 5.32 Å². The zero-order valence-corrected chi connectivity index (χ0v) is 10.2. The minimum Gasteiger partial charge on any atom is -0.496 e. The van der Waals surface area contributed by atoms with Crippen molar-refractivity contribution in [2.75, 3.05) is 13.7 Å². The molecule has 2 aromatic rings. The quantitative estimate of drug-likeness (QED) is 0.817. The van der Waals surface area contributed by atoms with Crippen LogP contribution in [-0.4, -0.2) is 23.3 Å². The summed E-state index contributed by atoms with van der Waals surface area (Å²) in [5.74, 6) is 0.902. The van der Waals surface area contributed by atoms with E-state index >= 15 is 0 Å². The lowest BCUT2D eigenvalue weighted by Gasteiger charge is -2.17. The second-order valence-electron chi connectivity index (χ2n) is 4.10. The highest BCUT2D eigenvalue weighted by molar-refractivity contribution is 6.36. The number of halogens is 1. The second-order valence-corrected chi connectivity index (χ2v) is 4.51. The van der Waals surface area contributed by atoms with Gasteiger partial charge in [-0.3, -0.25) is 0 Å². The average molecular weight is 253 g/mol. The number of fused-ring (bicyclic) bond motifs is 3. The molecule has 0 fully saturated rings. The summed E-state index contributed by atoms with van der Waals surface area (Å²) < 4.78 is 7.19. The highest BCUT2D eigenvalue weighted by atomic mass is 35.5. The number of hydrogen-bond donors (Lipinski definition) is 2. The Hall–Kier alpha value is -1.39. The molecule has 1 aliphatic rings. The van der Waals surface area contributed by atoms with E-state index in [1.54, 1.807) is 19.2 Å². The Kier molecular flexibility index (Phi) is 2.42. The lowest BCUT2D eigenvalue weighted by atomic mass is 10.1. The largest absolute Gasteiger partial charge is 0.496 e. The summed E-state index contributed by atoms with van der Waals surface area (Å²) in [5.41, 5.74) is 1.02. The Labute approximate surface area is 104 Å².